The predicted molar refractivity (Wildman–Crippen MR) is 46.1 cm³/mol. The number of esters is 1. The van der Waals surface area contributed by atoms with Crippen LogP contribution in [0.2, 0.25) is 0 Å². The SMILES string of the molecule is C=C(C)C(=O)OCCOC1CCO1. The molecule has 74 valence electrons. The zero-order chi connectivity index (χ0) is 9.68. The quantitative estimate of drug-likeness (QED) is 0.363. The first-order chi connectivity index (χ1) is 6.20. The number of rotatable bonds is 5. The lowest BCUT2D eigenvalue weighted by Gasteiger charge is -2.25. The van der Waals surface area contributed by atoms with Gasteiger partial charge in [-0.2, -0.15) is 0 Å². The molecule has 1 unspecified atom stereocenters. The fraction of sp³-hybridized carbons (Fsp3) is 0.667. The number of hydrogen-bond donors (Lipinski definition) is 0. The maximum Gasteiger partial charge on any atom is 0.333 e. The maximum atomic E-state index is 10.9. The molecule has 0 aliphatic carbocycles. The van der Waals surface area contributed by atoms with Gasteiger partial charge in [-0.3, -0.25) is 0 Å². The molecular weight excluding hydrogens is 172 g/mol. The van der Waals surface area contributed by atoms with Gasteiger partial charge in [0.15, 0.2) is 6.29 Å². The summed E-state index contributed by atoms with van der Waals surface area (Å²) in [7, 11) is 0. The topological polar surface area (TPSA) is 44.8 Å². The Labute approximate surface area is 77.5 Å². The minimum absolute atomic E-state index is 0.0940. The third-order valence-corrected chi connectivity index (χ3v) is 1.63. The number of ether oxygens (including phenoxy) is 3. The van der Waals surface area contributed by atoms with Crippen LogP contribution in [0.5, 0.6) is 0 Å². The molecule has 0 aromatic rings. The number of carbonyl (C=O) groups excluding carboxylic acids is 1. The molecule has 1 heterocycles. The van der Waals surface area contributed by atoms with E-state index in [9.17, 15) is 4.79 Å². The van der Waals surface area contributed by atoms with Crippen LogP contribution in [0.25, 0.3) is 0 Å². The zero-order valence-corrected chi connectivity index (χ0v) is 7.75. The molecule has 1 aliphatic rings. The highest BCUT2D eigenvalue weighted by molar-refractivity contribution is 5.86. The minimum atomic E-state index is -0.377. The molecule has 0 radical (unpaired) electrons. The third-order valence-electron chi connectivity index (χ3n) is 1.63. The van der Waals surface area contributed by atoms with Crippen molar-refractivity contribution in [3.8, 4) is 0 Å². The third kappa shape index (κ3) is 3.57. The summed E-state index contributed by atoms with van der Waals surface area (Å²) in [5.74, 6) is -0.377. The van der Waals surface area contributed by atoms with E-state index in [4.69, 9.17) is 14.2 Å². The minimum Gasteiger partial charge on any atom is -0.460 e. The van der Waals surface area contributed by atoms with Gasteiger partial charge < -0.3 is 14.2 Å². The Bertz CT molecular complexity index is 196. The monoisotopic (exact) mass is 186 g/mol. The van der Waals surface area contributed by atoms with Crippen LogP contribution in [0.1, 0.15) is 13.3 Å². The van der Waals surface area contributed by atoms with Crippen molar-refractivity contribution in [2.24, 2.45) is 0 Å². The second-order valence-corrected chi connectivity index (χ2v) is 2.88. The van der Waals surface area contributed by atoms with Crippen molar-refractivity contribution in [3.05, 3.63) is 12.2 Å². The van der Waals surface area contributed by atoms with Gasteiger partial charge in [0.25, 0.3) is 0 Å². The van der Waals surface area contributed by atoms with Gasteiger partial charge in [0.05, 0.1) is 13.2 Å². The Balaban J connectivity index is 1.94. The molecular formula is C9H14O4. The van der Waals surface area contributed by atoms with Crippen LogP contribution >= 0.6 is 0 Å². The molecule has 0 spiro atoms. The van der Waals surface area contributed by atoms with Crippen LogP contribution in [0.4, 0.5) is 0 Å². The van der Waals surface area contributed by atoms with E-state index in [0.29, 0.717) is 12.2 Å². The molecule has 1 rings (SSSR count). The summed E-state index contributed by atoms with van der Waals surface area (Å²) >= 11 is 0. The largest absolute Gasteiger partial charge is 0.460 e. The molecule has 1 atom stereocenters. The van der Waals surface area contributed by atoms with E-state index in [-0.39, 0.29) is 18.9 Å². The predicted octanol–water partition coefficient (Wildman–Crippen LogP) is 0.869. The lowest BCUT2D eigenvalue weighted by molar-refractivity contribution is -0.218. The maximum absolute atomic E-state index is 10.9. The Morgan fingerprint density at radius 2 is 2.31 bits per heavy atom. The lowest BCUT2D eigenvalue weighted by Crippen LogP contribution is -2.30. The first kappa shape index (κ1) is 10.2. The zero-order valence-electron chi connectivity index (χ0n) is 7.75. The van der Waals surface area contributed by atoms with E-state index in [1.807, 2.05) is 0 Å². The first-order valence-electron chi connectivity index (χ1n) is 4.26. The van der Waals surface area contributed by atoms with E-state index in [0.717, 1.165) is 13.0 Å². The molecule has 0 aromatic heterocycles. The summed E-state index contributed by atoms with van der Waals surface area (Å²) in [5, 5.41) is 0. The normalized spacial score (nSPS) is 20.5. The summed E-state index contributed by atoms with van der Waals surface area (Å²) in [4.78, 5) is 10.9. The summed E-state index contributed by atoms with van der Waals surface area (Å²) in [5.41, 5.74) is 0.403. The van der Waals surface area contributed by atoms with Crippen molar-refractivity contribution in [1.82, 2.24) is 0 Å². The second-order valence-electron chi connectivity index (χ2n) is 2.88. The lowest BCUT2D eigenvalue weighted by atomic mass is 10.3. The number of hydrogen-bond acceptors (Lipinski definition) is 4. The summed E-state index contributed by atoms with van der Waals surface area (Å²) in [6.07, 6.45) is 0.831. The molecule has 0 aromatic carbocycles. The van der Waals surface area contributed by atoms with Gasteiger partial charge in [-0.1, -0.05) is 6.58 Å². The van der Waals surface area contributed by atoms with Crippen molar-refractivity contribution < 1.29 is 19.0 Å². The van der Waals surface area contributed by atoms with Gasteiger partial charge in [0.1, 0.15) is 6.61 Å². The van der Waals surface area contributed by atoms with Gasteiger partial charge in [0.2, 0.25) is 0 Å². The molecule has 1 saturated heterocycles. The van der Waals surface area contributed by atoms with Crippen molar-refractivity contribution in [2.75, 3.05) is 19.8 Å². The fourth-order valence-corrected chi connectivity index (χ4v) is 0.783. The molecule has 0 saturated carbocycles. The van der Waals surface area contributed by atoms with E-state index < -0.39 is 0 Å². The first-order valence-corrected chi connectivity index (χ1v) is 4.26. The Morgan fingerprint density at radius 3 is 2.77 bits per heavy atom. The van der Waals surface area contributed by atoms with Crippen molar-refractivity contribution in [3.63, 3.8) is 0 Å². The Hall–Kier alpha value is -0.870. The highest BCUT2D eigenvalue weighted by atomic mass is 16.7. The van der Waals surface area contributed by atoms with Crippen molar-refractivity contribution in [2.45, 2.75) is 19.6 Å². The van der Waals surface area contributed by atoms with Crippen LogP contribution in [-0.4, -0.2) is 32.1 Å². The van der Waals surface area contributed by atoms with Crippen LogP contribution in [-0.2, 0) is 19.0 Å². The van der Waals surface area contributed by atoms with Crippen LogP contribution in [0.15, 0.2) is 12.2 Å². The fourth-order valence-electron chi connectivity index (χ4n) is 0.783. The van der Waals surface area contributed by atoms with Gasteiger partial charge in [0, 0.05) is 12.0 Å². The molecule has 4 heteroatoms. The van der Waals surface area contributed by atoms with E-state index in [1.165, 1.54) is 0 Å². The van der Waals surface area contributed by atoms with Gasteiger partial charge in [-0.15, -0.1) is 0 Å². The van der Waals surface area contributed by atoms with Crippen LogP contribution in [0, 0.1) is 0 Å². The summed E-state index contributed by atoms with van der Waals surface area (Å²) < 4.78 is 15.0. The van der Waals surface area contributed by atoms with Gasteiger partial charge in [-0.25, -0.2) is 4.79 Å². The highest BCUT2D eigenvalue weighted by Crippen LogP contribution is 2.11. The molecule has 1 fully saturated rings. The molecule has 13 heavy (non-hydrogen) atoms. The average Bonchev–Trinajstić information content (AvgIpc) is 2.00. The van der Waals surface area contributed by atoms with E-state index in [1.54, 1.807) is 6.92 Å². The highest BCUT2D eigenvalue weighted by Gasteiger charge is 2.18. The summed E-state index contributed by atoms with van der Waals surface area (Å²) in [6.45, 7) is 6.46. The Morgan fingerprint density at radius 1 is 1.62 bits per heavy atom. The van der Waals surface area contributed by atoms with Gasteiger partial charge >= 0.3 is 5.97 Å². The molecule has 1 aliphatic heterocycles. The molecule has 0 amide bonds. The number of carbonyl (C=O) groups is 1. The standard InChI is InChI=1S/C9H14O4/c1-7(2)9(10)13-6-5-12-8-3-4-11-8/h8H,1,3-6H2,2H3. The molecule has 0 bridgehead atoms. The van der Waals surface area contributed by atoms with E-state index >= 15 is 0 Å². The van der Waals surface area contributed by atoms with Crippen LogP contribution in [0.3, 0.4) is 0 Å². The summed E-state index contributed by atoms with van der Waals surface area (Å²) in [6, 6.07) is 0. The second kappa shape index (κ2) is 4.99. The average molecular weight is 186 g/mol. The van der Waals surface area contributed by atoms with E-state index in [2.05, 4.69) is 6.58 Å². The van der Waals surface area contributed by atoms with Crippen molar-refractivity contribution in [1.29, 1.82) is 0 Å². The smallest absolute Gasteiger partial charge is 0.333 e. The Kier molecular flexibility index (Phi) is 3.92. The molecule has 0 N–H and O–H groups in total. The van der Waals surface area contributed by atoms with Gasteiger partial charge in [-0.05, 0) is 6.92 Å². The van der Waals surface area contributed by atoms with Crippen molar-refractivity contribution >= 4 is 5.97 Å². The van der Waals surface area contributed by atoms with Crippen LogP contribution < -0.4 is 0 Å². The molecule has 4 nitrogen and oxygen atoms in total.